The van der Waals surface area contributed by atoms with Crippen molar-refractivity contribution in [1.82, 2.24) is 20.0 Å². The summed E-state index contributed by atoms with van der Waals surface area (Å²) in [4.78, 5) is 15.2. The molecule has 38 heavy (non-hydrogen) atoms. The molecule has 202 valence electrons. The van der Waals surface area contributed by atoms with Crippen LogP contribution in [-0.2, 0) is 13.1 Å². The van der Waals surface area contributed by atoms with E-state index in [9.17, 15) is 9.18 Å². The number of carbonyl (C=O) groups is 1. The van der Waals surface area contributed by atoms with Gasteiger partial charge in [-0.15, -0.1) is 0 Å². The maximum atomic E-state index is 13.6. The minimum absolute atomic E-state index is 0.0697. The van der Waals surface area contributed by atoms with E-state index in [0.29, 0.717) is 23.7 Å². The number of benzene rings is 3. The number of nitrogens with one attached hydrogen (secondary N) is 1. The molecule has 3 aromatic carbocycles. The third-order valence-electron chi connectivity index (χ3n) is 6.24. The Labute approximate surface area is 230 Å². The third kappa shape index (κ3) is 7.89. The normalized spacial score (nSPS) is 11.8. The fourth-order valence-electron chi connectivity index (χ4n) is 4.53. The molecule has 0 saturated heterocycles. The zero-order valence-electron chi connectivity index (χ0n) is 22.8. The summed E-state index contributed by atoms with van der Waals surface area (Å²) in [6.07, 6.45) is 4.08. The van der Waals surface area contributed by atoms with E-state index in [4.69, 9.17) is 16.7 Å². The van der Waals surface area contributed by atoms with E-state index in [1.807, 2.05) is 79.3 Å². The first-order valence-electron chi connectivity index (χ1n) is 13.5. The van der Waals surface area contributed by atoms with Crippen molar-refractivity contribution in [3.63, 3.8) is 0 Å². The van der Waals surface area contributed by atoms with Crippen LogP contribution in [0.15, 0.2) is 72.9 Å². The quantitative estimate of drug-likeness (QED) is 0.214. The first-order valence-corrected chi connectivity index (χ1v) is 13.8. The zero-order chi connectivity index (χ0) is 27.5. The van der Waals surface area contributed by atoms with Crippen molar-refractivity contribution < 1.29 is 9.18 Å². The van der Waals surface area contributed by atoms with Crippen LogP contribution in [0.1, 0.15) is 68.1 Å². The van der Waals surface area contributed by atoms with E-state index < -0.39 is 0 Å². The van der Waals surface area contributed by atoms with Crippen molar-refractivity contribution in [2.75, 3.05) is 13.1 Å². The number of fused-ring (bicyclic) bond motifs is 1. The molecule has 1 atom stereocenters. The molecule has 0 fully saturated rings. The number of hydrogen-bond donors (Lipinski definition) is 1. The standard InChI is InChI=1S/C29H32ClFN4O.C2H6/c1-3-14-34(15-4-2)28(22-10-12-26(31)13-11-22)20-35-19-24-9-8-23(17-27(24)33-35)29(36)32-18-21-6-5-7-25(30)16-21;1-2/h5-13,16-17,19,28H,3-4,14-15,18,20H2,1-2H3,(H,32,36);1-2H3. The Morgan fingerprint density at radius 3 is 2.39 bits per heavy atom. The molecule has 5 nitrogen and oxygen atoms in total. The first kappa shape index (κ1) is 29.3. The molecule has 0 aliphatic heterocycles. The van der Waals surface area contributed by atoms with E-state index in [-0.39, 0.29) is 17.8 Å². The number of nitrogens with zero attached hydrogens (tertiary/aromatic N) is 3. The van der Waals surface area contributed by atoms with Gasteiger partial charge in [0.1, 0.15) is 5.82 Å². The van der Waals surface area contributed by atoms with Crippen LogP contribution >= 0.6 is 11.6 Å². The molecule has 0 aliphatic carbocycles. The van der Waals surface area contributed by atoms with Gasteiger partial charge in [-0.3, -0.25) is 14.4 Å². The highest BCUT2D eigenvalue weighted by Crippen LogP contribution is 2.25. The topological polar surface area (TPSA) is 50.2 Å². The Kier molecular flexibility index (Phi) is 11.3. The average molecular weight is 537 g/mol. The van der Waals surface area contributed by atoms with Gasteiger partial charge < -0.3 is 5.32 Å². The van der Waals surface area contributed by atoms with Crippen molar-refractivity contribution in [2.45, 2.75) is 59.7 Å². The summed E-state index contributed by atoms with van der Waals surface area (Å²) in [5.74, 6) is -0.395. The summed E-state index contributed by atoms with van der Waals surface area (Å²) in [5, 5.41) is 9.35. The Hall–Kier alpha value is -3.22. The molecule has 0 bridgehead atoms. The molecule has 1 unspecified atom stereocenters. The van der Waals surface area contributed by atoms with E-state index in [1.54, 1.807) is 0 Å². The predicted octanol–water partition coefficient (Wildman–Crippen LogP) is 7.65. The van der Waals surface area contributed by atoms with Gasteiger partial charge in [0.2, 0.25) is 0 Å². The SMILES string of the molecule is CC.CCCN(CCC)C(Cn1cc2ccc(C(=O)NCc3cccc(Cl)c3)cc2n1)c1ccc(F)cc1. The van der Waals surface area contributed by atoms with Gasteiger partial charge in [0, 0.05) is 28.7 Å². The molecule has 4 aromatic rings. The number of rotatable bonds is 11. The minimum atomic E-state index is -0.235. The number of hydrogen-bond acceptors (Lipinski definition) is 3. The van der Waals surface area contributed by atoms with Crippen molar-refractivity contribution in [2.24, 2.45) is 0 Å². The lowest BCUT2D eigenvalue weighted by molar-refractivity contribution is 0.0951. The van der Waals surface area contributed by atoms with Crippen molar-refractivity contribution in [3.8, 4) is 0 Å². The van der Waals surface area contributed by atoms with Gasteiger partial charge in [-0.2, -0.15) is 5.10 Å². The van der Waals surface area contributed by atoms with Gasteiger partial charge in [-0.05, 0) is 73.5 Å². The number of carbonyl (C=O) groups excluding carboxylic acids is 1. The predicted molar refractivity (Wildman–Crippen MR) is 155 cm³/mol. The largest absolute Gasteiger partial charge is 0.348 e. The van der Waals surface area contributed by atoms with Crippen molar-refractivity contribution >= 4 is 28.4 Å². The fraction of sp³-hybridized carbons (Fsp3) is 0.355. The first-order chi connectivity index (χ1) is 18.5. The van der Waals surface area contributed by atoms with Crippen molar-refractivity contribution in [1.29, 1.82) is 0 Å². The van der Waals surface area contributed by atoms with Gasteiger partial charge in [-0.1, -0.05) is 69.6 Å². The number of amides is 1. The van der Waals surface area contributed by atoms with Gasteiger partial charge in [-0.25, -0.2) is 4.39 Å². The molecular formula is C31H38ClFN4O. The van der Waals surface area contributed by atoms with Crippen LogP contribution in [0.4, 0.5) is 4.39 Å². The van der Waals surface area contributed by atoms with Crippen LogP contribution in [0, 0.1) is 5.82 Å². The molecule has 0 spiro atoms. The summed E-state index contributed by atoms with van der Waals surface area (Å²) in [6, 6.07) is 19.8. The molecule has 1 aromatic heterocycles. The average Bonchev–Trinajstić information content (AvgIpc) is 3.34. The molecule has 0 aliphatic rings. The number of aromatic nitrogens is 2. The Morgan fingerprint density at radius 2 is 1.74 bits per heavy atom. The zero-order valence-corrected chi connectivity index (χ0v) is 23.5. The van der Waals surface area contributed by atoms with E-state index in [2.05, 4.69) is 24.1 Å². The smallest absolute Gasteiger partial charge is 0.251 e. The van der Waals surface area contributed by atoms with Gasteiger partial charge >= 0.3 is 0 Å². The van der Waals surface area contributed by atoms with Crippen LogP contribution in [-0.4, -0.2) is 33.7 Å². The second kappa shape index (κ2) is 14.6. The van der Waals surface area contributed by atoms with E-state index in [1.165, 1.54) is 12.1 Å². The lowest BCUT2D eigenvalue weighted by Gasteiger charge is -2.31. The highest BCUT2D eigenvalue weighted by molar-refractivity contribution is 6.30. The van der Waals surface area contributed by atoms with Crippen LogP contribution < -0.4 is 5.32 Å². The fourth-order valence-corrected chi connectivity index (χ4v) is 4.74. The Morgan fingerprint density at radius 1 is 1.03 bits per heavy atom. The Balaban J connectivity index is 0.00000195. The highest BCUT2D eigenvalue weighted by atomic mass is 35.5. The van der Waals surface area contributed by atoms with Crippen LogP contribution in [0.3, 0.4) is 0 Å². The number of halogens is 2. The minimum Gasteiger partial charge on any atom is -0.348 e. The molecule has 4 rings (SSSR count). The van der Waals surface area contributed by atoms with Crippen molar-refractivity contribution in [3.05, 3.63) is 100 Å². The van der Waals surface area contributed by atoms with Gasteiger partial charge in [0.25, 0.3) is 5.91 Å². The van der Waals surface area contributed by atoms with Crippen LogP contribution in [0.2, 0.25) is 5.02 Å². The maximum Gasteiger partial charge on any atom is 0.251 e. The lowest BCUT2D eigenvalue weighted by Crippen LogP contribution is -2.33. The highest BCUT2D eigenvalue weighted by Gasteiger charge is 2.21. The second-order valence-electron chi connectivity index (χ2n) is 9.04. The van der Waals surface area contributed by atoms with E-state index >= 15 is 0 Å². The Bertz CT molecular complexity index is 1300. The molecule has 0 saturated carbocycles. The summed E-state index contributed by atoms with van der Waals surface area (Å²) in [6.45, 7) is 11.3. The van der Waals surface area contributed by atoms with E-state index in [0.717, 1.165) is 48.0 Å². The summed E-state index contributed by atoms with van der Waals surface area (Å²) in [5.41, 5.74) is 3.33. The molecule has 7 heteroatoms. The molecule has 1 N–H and O–H groups in total. The molecule has 1 amide bonds. The molecular weight excluding hydrogens is 499 g/mol. The molecule has 0 radical (unpaired) electrons. The van der Waals surface area contributed by atoms with Gasteiger partial charge in [0.05, 0.1) is 18.1 Å². The summed E-state index contributed by atoms with van der Waals surface area (Å²) in [7, 11) is 0. The second-order valence-corrected chi connectivity index (χ2v) is 9.48. The van der Waals surface area contributed by atoms with Crippen LogP contribution in [0.25, 0.3) is 10.9 Å². The summed E-state index contributed by atoms with van der Waals surface area (Å²) < 4.78 is 15.6. The monoisotopic (exact) mass is 536 g/mol. The molecule has 1 heterocycles. The van der Waals surface area contributed by atoms with Crippen LogP contribution in [0.5, 0.6) is 0 Å². The lowest BCUT2D eigenvalue weighted by atomic mass is 10.0. The van der Waals surface area contributed by atoms with Gasteiger partial charge in [0.15, 0.2) is 0 Å². The maximum absolute atomic E-state index is 13.6. The third-order valence-corrected chi connectivity index (χ3v) is 6.47. The summed E-state index contributed by atoms with van der Waals surface area (Å²) >= 11 is 6.04.